The topological polar surface area (TPSA) is 84.2 Å². The van der Waals surface area contributed by atoms with Crippen LogP contribution in [0.5, 0.6) is 0 Å². The van der Waals surface area contributed by atoms with Crippen LogP contribution >= 0.6 is 27.3 Å². The van der Waals surface area contributed by atoms with Gasteiger partial charge in [-0.1, -0.05) is 24.3 Å². The van der Waals surface area contributed by atoms with Crippen molar-refractivity contribution in [1.82, 2.24) is 10.3 Å². The number of para-hydroxylation sites is 1. The van der Waals surface area contributed by atoms with E-state index in [1.54, 1.807) is 35.6 Å². The number of benzene rings is 2. The van der Waals surface area contributed by atoms with Crippen molar-refractivity contribution in [2.75, 3.05) is 5.32 Å². The average Bonchev–Trinajstić information content (AvgIpc) is 3.33. The fourth-order valence-electron chi connectivity index (χ4n) is 2.75. The number of amides is 2. The Morgan fingerprint density at radius 1 is 1.03 bits per heavy atom. The van der Waals surface area contributed by atoms with E-state index in [2.05, 4.69) is 31.5 Å². The molecule has 2 amide bonds. The number of rotatable bonds is 6. The minimum absolute atomic E-state index is 0.0820. The highest BCUT2D eigenvalue weighted by Gasteiger charge is 2.11. The summed E-state index contributed by atoms with van der Waals surface area (Å²) in [6.07, 6.45) is 0.254. The highest BCUT2D eigenvalue weighted by Crippen LogP contribution is 2.21. The summed E-state index contributed by atoms with van der Waals surface area (Å²) in [5, 5.41) is 6.53. The average molecular weight is 470 g/mol. The molecule has 0 saturated heterocycles. The van der Waals surface area contributed by atoms with Crippen LogP contribution in [0.15, 0.2) is 69.8 Å². The molecule has 0 unspecified atom stereocenters. The number of halogens is 1. The van der Waals surface area contributed by atoms with Gasteiger partial charge in [0.25, 0.3) is 5.91 Å². The molecule has 2 heterocycles. The summed E-state index contributed by atoms with van der Waals surface area (Å²) in [5.74, 6) is -0.200. The monoisotopic (exact) mass is 469 g/mol. The number of thiazole rings is 1. The van der Waals surface area contributed by atoms with Gasteiger partial charge < -0.3 is 15.1 Å². The Balaban J connectivity index is 1.29. The Morgan fingerprint density at radius 2 is 1.83 bits per heavy atom. The van der Waals surface area contributed by atoms with Crippen molar-refractivity contribution < 1.29 is 14.0 Å². The van der Waals surface area contributed by atoms with Crippen LogP contribution in [0.25, 0.3) is 10.2 Å². The van der Waals surface area contributed by atoms with E-state index in [1.807, 2.05) is 36.4 Å². The van der Waals surface area contributed by atoms with Crippen molar-refractivity contribution in [3.63, 3.8) is 0 Å². The van der Waals surface area contributed by atoms with Gasteiger partial charge in [-0.3, -0.25) is 9.59 Å². The zero-order chi connectivity index (χ0) is 20.2. The van der Waals surface area contributed by atoms with E-state index in [4.69, 9.17) is 4.42 Å². The second-order valence-corrected chi connectivity index (χ2v) is 8.18. The van der Waals surface area contributed by atoms with Gasteiger partial charge in [-0.15, -0.1) is 11.3 Å². The van der Waals surface area contributed by atoms with Crippen LogP contribution in [0.4, 0.5) is 5.69 Å². The molecule has 0 aliphatic rings. The molecule has 146 valence electrons. The van der Waals surface area contributed by atoms with Gasteiger partial charge in [0.15, 0.2) is 10.4 Å². The first-order valence-electron chi connectivity index (χ1n) is 8.83. The molecule has 29 heavy (non-hydrogen) atoms. The largest absolute Gasteiger partial charge is 0.444 e. The van der Waals surface area contributed by atoms with Crippen LogP contribution < -0.4 is 10.6 Å². The smallest absolute Gasteiger partial charge is 0.291 e. The molecule has 2 aromatic carbocycles. The van der Waals surface area contributed by atoms with Crippen LogP contribution in [0.1, 0.15) is 21.1 Å². The van der Waals surface area contributed by atoms with Crippen LogP contribution in [0, 0.1) is 0 Å². The van der Waals surface area contributed by atoms with Gasteiger partial charge >= 0.3 is 0 Å². The summed E-state index contributed by atoms with van der Waals surface area (Å²) in [7, 11) is 0. The summed E-state index contributed by atoms with van der Waals surface area (Å²) in [6.45, 7) is 0.408. The number of carbonyl (C=O) groups excluding carboxylic acids is 2. The van der Waals surface area contributed by atoms with Crippen LogP contribution in [-0.2, 0) is 17.8 Å². The Kier molecular flexibility index (Phi) is 5.73. The quantitative estimate of drug-likeness (QED) is 0.426. The third-order valence-electron chi connectivity index (χ3n) is 4.15. The predicted molar refractivity (Wildman–Crippen MR) is 116 cm³/mol. The lowest BCUT2D eigenvalue weighted by molar-refractivity contribution is -0.120. The lowest BCUT2D eigenvalue weighted by Crippen LogP contribution is -2.24. The maximum atomic E-state index is 12.2. The third-order valence-corrected chi connectivity index (χ3v) is 5.61. The molecule has 0 saturated carbocycles. The van der Waals surface area contributed by atoms with Gasteiger partial charge in [-0.05, 0) is 57.9 Å². The molecule has 0 aliphatic carbocycles. The maximum absolute atomic E-state index is 12.2. The minimum atomic E-state index is -0.336. The number of nitrogens with zero attached hydrogens (tertiary/aromatic N) is 1. The number of anilines is 1. The Morgan fingerprint density at radius 3 is 2.55 bits per heavy atom. The molecule has 0 atom stereocenters. The van der Waals surface area contributed by atoms with Gasteiger partial charge in [0, 0.05) is 5.69 Å². The third kappa shape index (κ3) is 4.90. The maximum Gasteiger partial charge on any atom is 0.291 e. The van der Waals surface area contributed by atoms with E-state index in [-0.39, 0.29) is 24.0 Å². The molecule has 2 aromatic heterocycles. The number of nitrogens with one attached hydrogen (secondary N) is 2. The van der Waals surface area contributed by atoms with E-state index in [1.165, 1.54) is 0 Å². The summed E-state index contributed by atoms with van der Waals surface area (Å²) in [6, 6.07) is 18.3. The lowest BCUT2D eigenvalue weighted by atomic mass is 10.1. The van der Waals surface area contributed by atoms with E-state index < -0.39 is 0 Å². The number of furan rings is 1. The first-order chi connectivity index (χ1) is 14.1. The number of carbonyl (C=O) groups is 2. The second-order valence-electron chi connectivity index (χ2n) is 6.28. The van der Waals surface area contributed by atoms with Crippen molar-refractivity contribution in [3.05, 3.63) is 81.7 Å². The fourth-order valence-corrected chi connectivity index (χ4v) is 3.97. The molecule has 2 N–H and O–H groups in total. The number of hydrogen-bond acceptors (Lipinski definition) is 5. The second kappa shape index (κ2) is 8.59. The fraction of sp³-hybridized carbons (Fsp3) is 0.0952. The number of aromatic nitrogens is 1. The number of fused-ring (bicyclic) bond motifs is 1. The highest BCUT2D eigenvalue weighted by atomic mass is 79.9. The van der Waals surface area contributed by atoms with Crippen LogP contribution in [-0.4, -0.2) is 16.8 Å². The molecular weight excluding hydrogens is 454 g/mol. The Labute approximate surface area is 179 Å². The highest BCUT2D eigenvalue weighted by molar-refractivity contribution is 9.10. The zero-order valence-corrected chi connectivity index (χ0v) is 17.5. The normalized spacial score (nSPS) is 10.8. The van der Waals surface area contributed by atoms with Crippen molar-refractivity contribution in [2.45, 2.75) is 13.0 Å². The Bertz CT molecular complexity index is 1130. The number of hydrogen-bond donors (Lipinski definition) is 2. The molecule has 4 aromatic rings. The molecule has 6 nitrogen and oxygen atoms in total. The molecule has 0 bridgehead atoms. The van der Waals surface area contributed by atoms with Crippen molar-refractivity contribution >= 4 is 55.0 Å². The first-order valence-corrected chi connectivity index (χ1v) is 10.4. The first kappa shape index (κ1) is 19.4. The van der Waals surface area contributed by atoms with Gasteiger partial charge in [0.2, 0.25) is 5.91 Å². The molecule has 0 fully saturated rings. The lowest BCUT2D eigenvalue weighted by Gasteiger charge is -2.06. The molecule has 0 radical (unpaired) electrons. The zero-order valence-electron chi connectivity index (χ0n) is 15.1. The van der Waals surface area contributed by atoms with E-state index in [9.17, 15) is 9.59 Å². The van der Waals surface area contributed by atoms with Gasteiger partial charge in [-0.25, -0.2) is 4.98 Å². The molecule has 0 spiro atoms. The summed E-state index contributed by atoms with van der Waals surface area (Å²) in [4.78, 5) is 28.8. The van der Waals surface area contributed by atoms with E-state index in [0.29, 0.717) is 16.9 Å². The molecule has 4 rings (SSSR count). The predicted octanol–water partition coefficient (Wildman–Crippen LogP) is 4.76. The standard InChI is InChI=1S/C21H16BrN3O3S/c22-18-10-9-16(28-18)21(27)24-14-7-5-13(6-8-14)11-19(26)23-12-20-25-15-3-1-2-4-17(15)29-20/h1-10H,11-12H2,(H,23,26)(H,24,27). The van der Waals surface area contributed by atoms with Crippen molar-refractivity contribution in [3.8, 4) is 0 Å². The van der Waals surface area contributed by atoms with Gasteiger partial charge in [-0.2, -0.15) is 0 Å². The van der Waals surface area contributed by atoms with E-state index >= 15 is 0 Å². The SMILES string of the molecule is O=C(Cc1ccc(NC(=O)c2ccc(Br)o2)cc1)NCc1nc2ccccc2s1. The van der Waals surface area contributed by atoms with Crippen LogP contribution in [0.2, 0.25) is 0 Å². The molecule has 0 aliphatic heterocycles. The van der Waals surface area contributed by atoms with Gasteiger partial charge in [0.05, 0.1) is 23.2 Å². The van der Waals surface area contributed by atoms with Crippen molar-refractivity contribution in [1.29, 1.82) is 0 Å². The molecule has 8 heteroatoms. The van der Waals surface area contributed by atoms with Crippen molar-refractivity contribution in [2.24, 2.45) is 0 Å². The van der Waals surface area contributed by atoms with Crippen LogP contribution in [0.3, 0.4) is 0 Å². The summed E-state index contributed by atoms with van der Waals surface area (Å²) < 4.78 is 6.83. The van der Waals surface area contributed by atoms with E-state index in [0.717, 1.165) is 20.8 Å². The summed E-state index contributed by atoms with van der Waals surface area (Å²) >= 11 is 4.74. The summed E-state index contributed by atoms with van der Waals surface area (Å²) in [5.41, 5.74) is 2.42. The Hall–Kier alpha value is -2.97. The minimum Gasteiger partial charge on any atom is -0.444 e. The molecular formula is C21H16BrN3O3S. The van der Waals surface area contributed by atoms with Gasteiger partial charge in [0.1, 0.15) is 5.01 Å².